The Morgan fingerprint density at radius 1 is 1.67 bits per heavy atom. The number of allylic oxidation sites excluding steroid dienone is 1. The summed E-state index contributed by atoms with van der Waals surface area (Å²) in [7, 11) is 1.32. The molecule has 0 radical (unpaired) electrons. The zero-order valence-electron chi connectivity index (χ0n) is 10.8. The van der Waals surface area contributed by atoms with Gasteiger partial charge in [-0.25, -0.2) is 4.79 Å². The maximum Gasteiger partial charge on any atom is 0.330 e. The van der Waals surface area contributed by atoms with Crippen LogP contribution in [0.25, 0.3) is 0 Å². The van der Waals surface area contributed by atoms with Gasteiger partial charge in [-0.1, -0.05) is 13.0 Å². The third-order valence-corrected chi connectivity index (χ3v) is 3.15. The van der Waals surface area contributed by atoms with Crippen molar-refractivity contribution in [2.75, 3.05) is 13.7 Å². The minimum absolute atomic E-state index is 0.00265. The quantitative estimate of drug-likeness (QED) is 0.588. The number of cyclic esters (lactones) is 1. The molecule has 0 aromatic carbocycles. The zero-order chi connectivity index (χ0) is 13.5. The third-order valence-electron chi connectivity index (χ3n) is 3.15. The van der Waals surface area contributed by atoms with Gasteiger partial charge in [0.05, 0.1) is 7.11 Å². The van der Waals surface area contributed by atoms with Crippen LogP contribution in [0.5, 0.6) is 0 Å². The molecule has 1 aliphatic rings. The summed E-state index contributed by atoms with van der Waals surface area (Å²) in [6.07, 6.45) is 4.57. The summed E-state index contributed by atoms with van der Waals surface area (Å²) < 4.78 is 9.69. The van der Waals surface area contributed by atoms with Gasteiger partial charge in [-0.3, -0.25) is 4.79 Å². The van der Waals surface area contributed by atoms with E-state index in [0.29, 0.717) is 12.8 Å². The lowest BCUT2D eigenvalue weighted by atomic mass is 9.87. The van der Waals surface area contributed by atoms with E-state index in [2.05, 4.69) is 4.74 Å². The molecule has 0 spiro atoms. The van der Waals surface area contributed by atoms with E-state index < -0.39 is 5.97 Å². The van der Waals surface area contributed by atoms with Gasteiger partial charge in [0.1, 0.15) is 6.10 Å². The minimum atomic E-state index is -0.395. The number of methoxy groups -OCH3 is 1. The summed E-state index contributed by atoms with van der Waals surface area (Å²) in [6.45, 7) is 1.85. The van der Waals surface area contributed by atoms with Gasteiger partial charge < -0.3 is 14.6 Å². The first-order chi connectivity index (χ1) is 8.56. The molecule has 3 atom stereocenters. The van der Waals surface area contributed by atoms with Crippen LogP contribution in [0.15, 0.2) is 12.2 Å². The number of aliphatic hydroxyl groups excluding tert-OH is 1. The van der Waals surface area contributed by atoms with Crippen LogP contribution in [0.4, 0.5) is 0 Å². The first kappa shape index (κ1) is 14.7. The molecule has 1 aliphatic heterocycles. The van der Waals surface area contributed by atoms with Crippen LogP contribution in [0.3, 0.4) is 0 Å². The smallest absolute Gasteiger partial charge is 0.330 e. The van der Waals surface area contributed by atoms with Crippen molar-refractivity contribution in [3.05, 3.63) is 12.2 Å². The maximum absolute atomic E-state index is 11.4. The summed E-state index contributed by atoms with van der Waals surface area (Å²) in [5.41, 5.74) is 0. The van der Waals surface area contributed by atoms with Gasteiger partial charge in [0.2, 0.25) is 0 Å². The van der Waals surface area contributed by atoms with E-state index >= 15 is 0 Å². The summed E-state index contributed by atoms with van der Waals surface area (Å²) in [4.78, 5) is 22.3. The van der Waals surface area contributed by atoms with Gasteiger partial charge in [-0.2, -0.15) is 0 Å². The highest BCUT2D eigenvalue weighted by Gasteiger charge is 2.31. The Morgan fingerprint density at radius 2 is 2.39 bits per heavy atom. The standard InChI is InChI=1S/C13H20O5/c1-9(8-14)11-6-10(7-13(16)18-11)4-3-5-12(15)17-2/h3,5,9-11,14H,4,6-8H2,1-2H3/b5-3+/t9-,10-,11-/m1/s1. The predicted molar refractivity (Wildman–Crippen MR) is 64.6 cm³/mol. The van der Waals surface area contributed by atoms with Crippen LogP contribution in [0.2, 0.25) is 0 Å². The van der Waals surface area contributed by atoms with Crippen molar-refractivity contribution >= 4 is 11.9 Å². The summed E-state index contributed by atoms with van der Waals surface area (Å²) >= 11 is 0. The lowest BCUT2D eigenvalue weighted by Gasteiger charge is -2.31. The second-order valence-electron chi connectivity index (χ2n) is 4.66. The maximum atomic E-state index is 11.4. The van der Waals surface area contributed by atoms with E-state index in [4.69, 9.17) is 9.84 Å². The molecule has 0 amide bonds. The molecule has 0 unspecified atom stereocenters. The third kappa shape index (κ3) is 4.49. The Balaban J connectivity index is 2.48. The fourth-order valence-electron chi connectivity index (χ4n) is 1.98. The molecule has 1 saturated heterocycles. The van der Waals surface area contributed by atoms with Gasteiger partial charge in [0, 0.05) is 25.0 Å². The SMILES string of the molecule is COC(=O)/C=C/C[C@H]1CC(=O)O[C@@H]([C@H](C)CO)C1. The Labute approximate surface area is 107 Å². The Morgan fingerprint density at radius 3 is 3.00 bits per heavy atom. The molecule has 18 heavy (non-hydrogen) atoms. The molecule has 0 saturated carbocycles. The summed E-state index contributed by atoms with van der Waals surface area (Å²) in [5.74, 6) is -0.524. The van der Waals surface area contributed by atoms with Gasteiger partial charge in [0.15, 0.2) is 0 Å². The number of rotatable bonds is 5. The number of ether oxygens (including phenoxy) is 2. The summed E-state index contributed by atoms with van der Waals surface area (Å²) in [5, 5.41) is 9.07. The molecular weight excluding hydrogens is 236 g/mol. The molecule has 1 fully saturated rings. The van der Waals surface area contributed by atoms with E-state index in [9.17, 15) is 9.59 Å². The molecule has 1 rings (SSSR count). The van der Waals surface area contributed by atoms with Crippen LogP contribution in [0.1, 0.15) is 26.2 Å². The van der Waals surface area contributed by atoms with Crippen molar-refractivity contribution in [2.45, 2.75) is 32.3 Å². The molecule has 1 N–H and O–H groups in total. The predicted octanol–water partition coefficient (Wildman–Crippen LogP) is 1.06. The van der Waals surface area contributed by atoms with Crippen molar-refractivity contribution in [3.8, 4) is 0 Å². The van der Waals surface area contributed by atoms with Crippen molar-refractivity contribution < 1.29 is 24.2 Å². The summed E-state index contributed by atoms with van der Waals surface area (Å²) in [6, 6.07) is 0. The molecular formula is C13H20O5. The van der Waals surface area contributed by atoms with Gasteiger partial charge >= 0.3 is 11.9 Å². The second kappa shape index (κ2) is 7.16. The second-order valence-corrected chi connectivity index (χ2v) is 4.66. The number of carbonyl (C=O) groups is 2. The average molecular weight is 256 g/mol. The van der Waals surface area contributed by atoms with Crippen LogP contribution < -0.4 is 0 Å². The molecule has 5 nitrogen and oxygen atoms in total. The van der Waals surface area contributed by atoms with Gasteiger partial charge in [0.25, 0.3) is 0 Å². The number of esters is 2. The van der Waals surface area contributed by atoms with Crippen LogP contribution in [-0.4, -0.2) is 36.9 Å². The number of carbonyl (C=O) groups excluding carboxylic acids is 2. The zero-order valence-corrected chi connectivity index (χ0v) is 10.8. The molecule has 1 heterocycles. The monoisotopic (exact) mass is 256 g/mol. The van der Waals surface area contributed by atoms with Crippen molar-refractivity contribution in [3.63, 3.8) is 0 Å². The van der Waals surface area contributed by atoms with Crippen molar-refractivity contribution in [2.24, 2.45) is 11.8 Å². The normalized spacial score (nSPS) is 25.8. The lowest BCUT2D eigenvalue weighted by molar-refractivity contribution is -0.161. The highest BCUT2D eigenvalue weighted by molar-refractivity contribution is 5.81. The number of hydrogen-bond donors (Lipinski definition) is 1. The molecule has 0 aliphatic carbocycles. The first-order valence-electron chi connectivity index (χ1n) is 6.11. The van der Waals surface area contributed by atoms with E-state index in [-0.39, 0.29) is 30.5 Å². The molecule has 102 valence electrons. The van der Waals surface area contributed by atoms with Crippen molar-refractivity contribution in [1.29, 1.82) is 0 Å². The van der Waals surface area contributed by atoms with E-state index in [1.165, 1.54) is 13.2 Å². The van der Waals surface area contributed by atoms with Crippen LogP contribution in [0, 0.1) is 11.8 Å². The Kier molecular flexibility index (Phi) is 5.85. The topological polar surface area (TPSA) is 72.8 Å². The molecule has 0 bridgehead atoms. The van der Waals surface area contributed by atoms with E-state index in [1.54, 1.807) is 6.08 Å². The highest BCUT2D eigenvalue weighted by Crippen LogP contribution is 2.28. The lowest BCUT2D eigenvalue weighted by Crippen LogP contribution is -2.35. The Bertz CT molecular complexity index is 323. The van der Waals surface area contributed by atoms with E-state index in [1.807, 2.05) is 6.92 Å². The minimum Gasteiger partial charge on any atom is -0.466 e. The number of aliphatic hydroxyl groups is 1. The average Bonchev–Trinajstić information content (AvgIpc) is 2.36. The highest BCUT2D eigenvalue weighted by atomic mass is 16.5. The van der Waals surface area contributed by atoms with Crippen LogP contribution >= 0.6 is 0 Å². The number of hydrogen-bond acceptors (Lipinski definition) is 5. The molecule has 5 heteroatoms. The fraction of sp³-hybridized carbons (Fsp3) is 0.692. The van der Waals surface area contributed by atoms with Crippen LogP contribution in [-0.2, 0) is 19.1 Å². The largest absolute Gasteiger partial charge is 0.466 e. The fourth-order valence-corrected chi connectivity index (χ4v) is 1.98. The van der Waals surface area contributed by atoms with E-state index in [0.717, 1.165) is 6.42 Å². The Hall–Kier alpha value is -1.36. The van der Waals surface area contributed by atoms with Gasteiger partial charge in [-0.15, -0.1) is 0 Å². The molecule has 0 aromatic rings. The van der Waals surface area contributed by atoms with Gasteiger partial charge in [-0.05, 0) is 18.8 Å². The molecule has 0 aromatic heterocycles. The first-order valence-corrected chi connectivity index (χ1v) is 6.11. The van der Waals surface area contributed by atoms with Crippen molar-refractivity contribution in [1.82, 2.24) is 0 Å².